The van der Waals surface area contributed by atoms with Crippen molar-refractivity contribution in [3.8, 4) is 0 Å². The Morgan fingerprint density at radius 2 is 2.15 bits per heavy atom. The second-order valence-corrected chi connectivity index (χ2v) is 2.94. The molecule has 0 bridgehead atoms. The van der Waals surface area contributed by atoms with Gasteiger partial charge in [-0.3, -0.25) is 0 Å². The van der Waals surface area contributed by atoms with Gasteiger partial charge in [0.1, 0.15) is 0 Å². The van der Waals surface area contributed by atoms with Gasteiger partial charge in [0, 0.05) is 5.69 Å². The first-order valence-electron chi connectivity index (χ1n) is 4.38. The van der Waals surface area contributed by atoms with Crippen LogP contribution in [0, 0.1) is 6.92 Å². The molecule has 13 heavy (non-hydrogen) atoms. The van der Waals surface area contributed by atoms with Crippen molar-refractivity contribution < 1.29 is 0 Å². The van der Waals surface area contributed by atoms with Gasteiger partial charge in [0.25, 0.3) is 0 Å². The van der Waals surface area contributed by atoms with Crippen molar-refractivity contribution in [3.63, 3.8) is 0 Å². The van der Waals surface area contributed by atoms with E-state index in [9.17, 15) is 0 Å². The number of hydrogen-bond acceptors (Lipinski definition) is 1. The van der Waals surface area contributed by atoms with Crippen LogP contribution in [0.15, 0.2) is 37.1 Å². The Morgan fingerprint density at radius 3 is 2.77 bits per heavy atom. The first-order chi connectivity index (χ1) is 6.27. The smallest absolute Gasteiger partial charge is 0.0453 e. The minimum Gasteiger partial charge on any atom is -0.362 e. The lowest BCUT2D eigenvalue weighted by Gasteiger charge is -2.06. The van der Waals surface area contributed by atoms with Crippen molar-refractivity contribution in [3.05, 3.63) is 48.2 Å². The van der Waals surface area contributed by atoms with E-state index in [0.717, 1.165) is 5.69 Å². The van der Waals surface area contributed by atoms with Gasteiger partial charge in [-0.05, 0) is 37.7 Å². The standard InChI is InChI=1S/C12H15N/c1-4-6-11-9-10(3)7-8-12(11)13-5-2/h4-9,13H,2H2,1,3H3/b6-4+. The van der Waals surface area contributed by atoms with Crippen LogP contribution in [0.1, 0.15) is 18.1 Å². The number of benzene rings is 1. The zero-order valence-corrected chi connectivity index (χ0v) is 8.17. The molecule has 0 saturated carbocycles. The summed E-state index contributed by atoms with van der Waals surface area (Å²) >= 11 is 0. The molecule has 1 aromatic rings. The molecule has 0 aliphatic rings. The largest absolute Gasteiger partial charge is 0.362 e. The maximum Gasteiger partial charge on any atom is 0.0453 e. The van der Waals surface area contributed by atoms with Gasteiger partial charge in [0.2, 0.25) is 0 Å². The summed E-state index contributed by atoms with van der Waals surface area (Å²) in [5.41, 5.74) is 3.56. The van der Waals surface area contributed by atoms with E-state index in [1.165, 1.54) is 11.1 Å². The lowest BCUT2D eigenvalue weighted by Crippen LogP contribution is -1.90. The van der Waals surface area contributed by atoms with Gasteiger partial charge in [-0.15, -0.1) is 0 Å². The minimum absolute atomic E-state index is 1.10. The highest BCUT2D eigenvalue weighted by Crippen LogP contribution is 2.18. The molecule has 1 heteroatoms. The van der Waals surface area contributed by atoms with Crippen molar-refractivity contribution in [2.24, 2.45) is 0 Å². The van der Waals surface area contributed by atoms with E-state index in [2.05, 4.69) is 43.1 Å². The molecule has 0 heterocycles. The lowest BCUT2D eigenvalue weighted by atomic mass is 10.1. The highest BCUT2D eigenvalue weighted by molar-refractivity contribution is 5.67. The third-order valence-corrected chi connectivity index (χ3v) is 1.81. The van der Waals surface area contributed by atoms with Crippen LogP contribution in [-0.4, -0.2) is 0 Å². The molecule has 0 radical (unpaired) electrons. The van der Waals surface area contributed by atoms with Gasteiger partial charge >= 0.3 is 0 Å². The summed E-state index contributed by atoms with van der Waals surface area (Å²) in [5.74, 6) is 0. The van der Waals surface area contributed by atoms with E-state index < -0.39 is 0 Å². The number of allylic oxidation sites excluding steroid dienone is 1. The molecule has 0 aromatic heterocycles. The monoisotopic (exact) mass is 173 g/mol. The molecule has 0 saturated heterocycles. The topological polar surface area (TPSA) is 12.0 Å². The second kappa shape index (κ2) is 4.51. The molecule has 0 spiro atoms. The Kier molecular flexibility index (Phi) is 3.32. The fraction of sp³-hybridized carbons (Fsp3) is 0.167. The summed E-state index contributed by atoms with van der Waals surface area (Å²) in [6.07, 6.45) is 5.81. The van der Waals surface area contributed by atoms with Crippen LogP contribution in [0.25, 0.3) is 6.08 Å². The Hall–Kier alpha value is -1.50. The van der Waals surface area contributed by atoms with E-state index in [4.69, 9.17) is 0 Å². The molecule has 0 fully saturated rings. The third kappa shape index (κ3) is 2.48. The van der Waals surface area contributed by atoms with Gasteiger partial charge in [-0.25, -0.2) is 0 Å². The van der Waals surface area contributed by atoms with Crippen LogP contribution < -0.4 is 5.32 Å². The number of rotatable bonds is 3. The number of anilines is 1. The van der Waals surface area contributed by atoms with Gasteiger partial charge in [0.05, 0.1) is 0 Å². The Balaban J connectivity index is 3.09. The fourth-order valence-corrected chi connectivity index (χ4v) is 1.24. The molecule has 1 nitrogen and oxygen atoms in total. The minimum atomic E-state index is 1.10. The number of nitrogens with one attached hydrogen (secondary N) is 1. The molecular weight excluding hydrogens is 158 g/mol. The molecule has 68 valence electrons. The van der Waals surface area contributed by atoms with E-state index in [-0.39, 0.29) is 0 Å². The predicted octanol–water partition coefficient (Wildman–Crippen LogP) is 3.58. The Bertz CT molecular complexity index is 324. The first kappa shape index (κ1) is 9.59. The van der Waals surface area contributed by atoms with Crippen LogP contribution in [0.5, 0.6) is 0 Å². The van der Waals surface area contributed by atoms with Crippen molar-refractivity contribution in [1.82, 2.24) is 0 Å². The van der Waals surface area contributed by atoms with E-state index in [1.807, 2.05) is 13.0 Å². The molecule has 0 unspecified atom stereocenters. The highest BCUT2D eigenvalue weighted by Gasteiger charge is 1.96. The van der Waals surface area contributed by atoms with E-state index in [1.54, 1.807) is 6.20 Å². The van der Waals surface area contributed by atoms with Crippen LogP contribution in [0.4, 0.5) is 5.69 Å². The van der Waals surface area contributed by atoms with E-state index in [0.29, 0.717) is 0 Å². The Morgan fingerprint density at radius 1 is 1.38 bits per heavy atom. The van der Waals surface area contributed by atoms with Crippen molar-refractivity contribution in [1.29, 1.82) is 0 Å². The normalized spacial score (nSPS) is 10.3. The number of aryl methyl sites for hydroxylation is 1. The zero-order chi connectivity index (χ0) is 9.68. The Labute approximate surface area is 79.8 Å². The average Bonchev–Trinajstić information content (AvgIpc) is 2.10. The molecular formula is C12H15N. The highest BCUT2D eigenvalue weighted by atomic mass is 14.8. The van der Waals surface area contributed by atoms with Crippen LogP contribution in [0.2, 0.25) is 0 Å². The molecule has 0 aliphatic carbocycles. The fourth-order valence-electron chi connectivity index (χ4n) is 1.24. The van der Waals surface area contributed by atoms with Crippen molar-refractivity contribution >= 4 is 11.8 Å². The predicted molar refractivity (Wildman–Crippen MR) is 59.7 cm³/mol. The zero-order valence-electron chi connectivity index (χ0n) is 8.17. The maximum absolute atomic E-state index is 3.64. The molecule has 1 aromatic carbocycles. The average molecular weight is 173 g/mol. The quantitative estimate of drug-likeness (QED) is 0.736. The number of hydrogen-bond donors (Lipinski definition) is 1. The van der Waals surface area contributed by atoms with Gasteiger partial charge in [0.15, 0.2) is 0 Å². The van der Waals surface area contributed by atoms with Gasteiger partial charge in [-0.1, -0.05) is 30.4 Å². The first-order valence-corrected chi connectivity index (χ1v) is 4.38. The summed E-state index contributed by atoms with van der Waals surface area (Å²) in [6.45, 7) is 7.75. The van der Waals surface area contributed by atoms with Crippen LogP contribution in [0.3, 0.4) is 0 Å². The summed E-state index contributed by atoms with van der Waals surface area (Å²) < 4.78 is 0. The summed E-state index contributed by atoms with van der Waals surface area (Å²) in [5, 5.41) is 3.10. The van der Waals surface area contributed by atoms with Crippen molar-refractivity contribution in [2.45, 2.75) is 13.8 Å². The molecule has 0 amide bonds. The van der Waals surface area contributed by atoms with Gasteiger partial charge in [-0.2, -0.15) is 0 Å². The van der Waals surface area contributed by atoms with E-state index >= 15 is 0 Å². The summed E-state index contributed by atoms with van der Waals surface area (Å²) in [7, 11) is 0. The molecule has 1 rings (SSSR count). The van der Waals surface area contributed by atoms with Crippen LogP contribution >= 0.6 is 0 Å². The van der Waals surface area contributed by atoms with Crippen LogP contribution in [-0.2, 0) is 0 Å². The lowest BCUT2D eigenvalue weighted by molar-refractivity contribution is 1.44. The second-order valence-electron chi connectivity index (χ2n) is 2.94. The summed E-state index contributed by atoms with van der Waals surface area (Å²) in [6, 6.07) is 6.29. The SMILES string of the molecule is C=CNc1ccc(C)cc1/C=C/C. The van der Waals surface area contributed by atoms with Gasteiger partial charge < -0.3 is 5.32 Å². The third-order valence-electron chi connectivity index (χ3n) is 1.81. The maximum atomic E-state index is 3.64. The van der Waals surface area contributed by atoms with Crippen molar-refractivity contribution in [2.75, 3.05) is 5.32 Å². The summed E-state index contributed by atoms with van der Waals surface area (Å²) in [4.78, 5) is 0. The molecule has 0 aliphatic heterocycles. The molecule has 0 atom stereocenters. The molecule has 1 N–H and O–H groups in total.